The van der Waals surface area contributed by atoms with E-state index in [0.29, 0.717) is 24.1 Å². The lowest BCUT2D eigenvalue weighted by Crippen LogP contribution is -2.28. The van der Waals surface area contributed by atoms with Gasteiger partial charge in [0.1, 0.15) is 0 Å². The molecule has 3 N–H and O–H groups in total. The van der Waals surface area contributed by atoms with Crippen LogP contribution < -0.4 is 5.73 Å². The first-order valence-electron chi connectivity index (χ1n) is 4.18. The Balaban J connectivity index is 2.56. The molecule has 0 saturated heterocycles. The first kappa shape index (κ1) is 8.47. The molecule has 0 aromatic carbocycles. The molecular weight excluding hydrogens is 136 g/mol. The summed E-state index contributed by atoms with van der Waals surface area (Å²) in [4.78, 5) is 0. The van der Waals surface area contributed by atoms with Crippen molar-refractivity contribution in [2.45, 2.75) is 19.8 Å². The second kappa shape index (κ2) is 3.67. The molecule has 2 unspecified atom stereocenters. The van der Waals surface area contributed by atoms with E-state index >= 15 is 0 Å². The predicted octanol–water partition coefficient (Wildman–Crippen LogP) is 1.57. The van der Waals surface area contributed by atoms with Crippen molar-refractivity contribution in [1.82, 2.24) is 0 Å². The summed E-state index contributed by atoms with van der Waals surface area (Å²) in [5.74, 6) is 1.01. The molecule has 0 aliphatic heterocycles. The fourth-order valence-electron chi connectivity index (χ4n) is 1.59. The zero-order valence-electron chi connectivity index (χ0n) is 7.01. The Morgan fingerprint density at radius 2 is 2.18 bits per heavy atom. The molecule has 0 aromatic rings. The minimum atomic E-state index is 0.407. The van der Waals surface area contributed by atoms with Crippen LogP contribution in [0, 0.1) is 17.2 Å². The summed E-state index contributed by atoms with van der Waals surface area (Å²) in [6, 6.07) is 0. The molecule has 0 amide bonds. The number of hydrogen-bond donors (Lipinski definition) is 2. The van der Waals surface area contributed by atoms with Crippen LogP contribution in [0.1, 0.15) is 19.8 Å². The molecule has 0 spiro atoms. The minimum Gasteiger partial charge on any atom is -0.326 e. The zero-order chi connectivity index (χ0) is 8.27. The summed E-state index contributed by atoms with van der Waals surface area (Å²) in [6.07, 6.45) is 6.48. The van der Waals surface area contributed by atoms with Gasteiger partial charge < -0.3 is 11.1 Å². The van der Waals surface area contributed by atoms with Gasteiger partial charge >= 0.3 is 0 Å². The molecule has 62 valence electrons. The summed E-state index contributed by atoms with van der Waals surface area (Å²) in [5, 5.41) is 7.60. The maximum atomic E-state index is 7.60. The van der Waals surface area contributed by atoms with E-state index in [0.717, 1.165) is 12.8 Å². The Hall–Kier alpha value is -0.630. The normalized spacial score (nSPS) is 30.4. The van der Waals surface area contributed by atoms with E-state index in [2.05, 4.69) is 19.1 Å². The van der Waals surface area contributed by atoms with Crippen LogP contribution in [0.3, 0.4) is 0 Å². The highest BCUT2D eigenvalue weighted by Gasteiger charge is 2.20. The fraction of sp³-hybridized carbons (Fsp3) is 0.667. The van der Waals surface area contributed by atoms with Gasteiger partial charge in [-0.05, 0) is 18.8 Å². The Bertz CT molecular complexity index is 172. The van der Waals surface area contributed by atoms with E-state index in [1.807, 2.05) is 0 Å². The van der Waals surface area contributed by atoms with E-state index in [9.17, 15) is 0 Å². The lowest BCUT2D eigenvalue weighted by atomic mass is 9.81. The van der Waals surface area contributed by atoms with E-state index in [1.165, 1.54) is 0 Å². The lowest BCUT2D eigenvalue weighted by Gasteiger charge is -2.25. The molecule has 11 heavy (non-hydrogen) atoms. The Morgan fingerprint density at radius 3 is 2.73 bits per heavy atom. The fourth-order valence-corrected chi connectivity index (χ4v) is 1.59. The topological polar surface area (TPSA) is 49.9 Å². The van der Waals surface area contributed by atoms with Gasteiger partial charge in [-0.2, -0.15) is 0 Å². The van der Waals surface area contributed by atoms with Gasteiger partial charge in [-0.1, -0.05) is 19.1 Å². The van der Waals surface area contributed by atoms with Gasteiger partial charge in [-0.15, -0.1) is 0 Å². The van der Waals surface area contributed by atoms with Crippen LogP contribution in [0.15, 0.2) is 12.2 Å². The van der Waals surface area contributed by atoms with Gasteiger partial charge in [0.2, 0.25) is 0 Å². The van der Waals surface area contributed by atoms with Crippen LogP contribution in [0.4, 0.5) is 0 Å². The minimum absolute atomic E-state index is 0.407. The molecule has 1 aliphatic carbocycles. The van der Waals surface area contributed by atoms with Crippen LogP contribution in [0.25, 0.3) is 0 Å². The SMILES string of the molecule is CC1CC=CCC1C(=N)CN. The maximum absolute atomic E-state index is 7.60. The van der Waals surface area contributed by atoms with Gasteiger partial charge in [0, 0.05) is 18.2 Å². The van der Waals surface area contributed by atoms with Gasteiger partial charge in [-0.3, -0.25) is 0 Å². The van der Waals surface area contributed by atoms with Crippen molar-refractivity contribution in [3.63, 3.8) is 0 Å². The van der Waals surface area contributed by atoms with Crippen molar-refractivity contribution >= 4 is 5.71 Å². The second-order valence-corrected chi connectivity index (χ2v) is 3.26. The molecule has 0 bridgehead atoms. The number of nitrogens with two attached hydrogens (primary N) is 1. The second-order valence-electron chi connectivity index (χ2n) is 3.26. The van der Waals surface area contributed by atoms with Crippen molar-refractivity contribution in [2.24, 2.45) is 17.6 Å². The third-order valence-corrected chi connectivity index (χ3v) is 2.42. The largest absolute Gasteiger partial charge is 0.326 e. The summed E-state index contributed by atoms with van der Waals surface area (Å²) >= 11 is 0. The first-order valence-corrected chi connectivity index (χ1v) is 4.18. The van der Waals surface area contributed by atoms with Crippen molar-refractivity contribution in [3.05, 3.63) is 12.2 Å². The van der Waals surface area contributed by atoms with Crippen LogP contribution in [-0.4, -0.2) is 12.3 Å². The molecule has 1 rings (SSSR count). The molecule has 2 atom stereocenters. The number of nitrogens with one attached hydrogen (secondary N) is 1. The van der Waals surface area contributed by atoms with Crippen molar-refractivity contribution in [2.75, 3.05) is 6.54 Å². The average molecular weight is 152 g/mol. The monoisotopic (exact) mass is 152 g/mol. The van der Waals surface area contributed by atoms with E-state index in [1.54, 1.807) is 0 Å². The highest BCUT2D eigenvalue weighted by atomic mass is 14.6. The molecule has 0 radical (unpaired) electrons. The van der Waals surface area contributed by atoms with Crippen LogP contribution in [0.5, 0.6) is 0 Å². The Kier molecular flexibility index (Phi) is 2.83. The van der Waals surface area contributed by atoms with E-state index < -0.39 is 0 Å². The van der Waals surface area contributed by atoms with Gasteiger partial charge in [0.05, 0.1) is 0 Å². The number of allylic oxidation sites excluding steroid dienone is 2. The van der Waals surface area contributed by atoms with Crippen molar-refractivity contribution < 1.29 is 0 Å². The van der Waals surface area contributed by atoms with E-state index in [-0.39, 0.29) is 0 Å². The molecule has 0 heterocycles. The highest BCUT2D eigenvalue weighted by Crippen LogP contribution is 2.25. The molecule has 0 fully saturated rings. The van der Waals surface area contributed by atoms with Crippen molar-refractivity contribution in [1.29, 1.82) is 5.41 Å². The van der Waals surface area contributed by atoms with Gasteiger partial charge in [-0.25, -0.2) is 0 Å². The highest BCUT2D eigenvalue weighted by molar-refractivity contribution is 5.86. The molecular formula is C9H16N2. The maximum Gasteiger partial charge on any atom is 0.0310 e. The molecule has 2 nitrogen and oxygen atoms in total. The smallest absolute Gasteiger partial charge is 0.0310 e. The molecule has 0 aromatic heterocycles. The summed E-state index contributed by atoms with van der Waals surface area (Å²) in [5.41, 5.74) is 6.13. The van der Waals surface area contributed by atoms with E-state index in [4.69, 9.17) is 11.1 Å². The molecule has 0 saturated carbocycles. The predicted molar refractivity (Wildman–Crippen MR) is 47.8 cm³/mol. The third-order valence-electron chi connectivity index (χ3n) is 2.42. The van der Waals surface area contributed by atoms with Crippen LogP contribution in [0.2, 0.25) is 0 Å². The van der Waals surface area contributed by atoms with Crippen LogP contribution in [-0.2, 0) is 0 Å². The lowest BCUT2D eigenvalue weighted by molar-refractivity contribution is 0.440. The Labute approximate surface area is 68.0 Å². The summed E-state index contributed by atoms with van der Waals surface area (Å²) < 4.78 is 0. The molecule has 1 aliphatic rings. The third kappa shape index (κ3) is 1.90. The number of rotatable bonds is 2. The summed E-state index contributed by atoms with van der Waals surface area (Å²) in [7, 11) is 0. The Morgan fingerprint density at radius 1 is 1.55 bits per heavy atom. The van der Waals surface area contributed by atoms with Crippen LogP contribution >= 0.6 is 0 Å². The molecule has 2 heteroatoms. The van der Waals surface area contributed by atoms with Crippen molar-refractivity contribution in [3.8, 4) is 0 Å². The first-order chi connectivity index (χ1) is 5.25. The quantitative estimate of drug-likeness (QED) is 0.458. The van der Waals surface area contributed by atoms with Gasteiger partial charge in [0.15, 0.2) is 0 Å². The summed E-state index contributed by atoms with van der Waals surface area (Å²) in [6.45, 7) is 2.61. The van der Waals surface area contributed by atoms with Gasteiger partial charge in [0.25, 0.3) is 0 Å². The number of hydrogen-bond acceptors (Lipinski definition) is 2. The standard InChI is InChI=1S/C9H16N2/c1-7-4-2-3-5-8(7)9(11)6-10/h2-3,7-8,11H,4-6,10H2,1H3. The average Bonchev–Trinajstić information content (AvgIpc) is 2.04. The zero-order valence-corrected chi connectivity index (χ0v) is 7.01.